The van der Waals surface area contributed by atoms with Crippen molar-refractivity contribution in [2.75, 3.05) is 14.1 Å². The lowest BCUT2D eigenvalue weighted by Crippen LogP contribution is -2.36. The summed E-state index contributed by atoms with van der Waals surface area (Å²) in [5, 5.41) is 0. The first-order valence-corrected chi connectivity index (χ1v) is 6.55. The predicted octanol–water partition coefficient (Wildman–Crippen LogP) is 3.85. The lowest BCUT2D eigenvalue weighted by molar-refractivity contribution is 0.183. The van der Waals surface area contributed by atoms with Crippen LogP contribution in [0, 0.1) is 5.92 Å². The maximum Gasteiger partial charge on any atom is 0.0152 e. The summed E-state index contributed by atoms with van der Waals surface area (Å²) < 4.78 is 0. The molecular formula is C14H27N. The van der Waals surface area contributed by atoms with E-state index < -0.39 is 0 Å². The van der Waals surface area contributed by atoms with Crippen molar-refractivity contribution in [3.63, 3.8) is 0 Å². The monoisotopic (exact) mass is 209 g/mol. The first kappa shape index (κ1) is 12.8. The van der Waals surface area contributed by atoms with Gasteiger partial charge in [-0.2, -0.15) is 0 Å². The third-order valence-electron chi connectivity index (χ3n) is 3.80. The molecule has 0 N–H and O–H groups in total. The first-order valence-electron chi connectivity index (χ1n) is 6.55. The Hall–Kier alpha value is -0.300. The van der Waals surface area contributed by atoms with E-state index in [4.69, 9.17) is 0 Å². The molecule has 0 heterocycles. The Morgan fingerprint density at radius 3 is 2.27 bits per heavy atom. The molecular weight excluding hydrogens is 182 g/mol. The van der Waals surface area contributed by atoms with E-state index in [2.05, 4.69) is 38.9 Å². The molecule has 0 radical (unpaired) electrons. The maximum atomic E-state index is 2.57. The van der Waals surface area contributed by atoms with Crippen LogP contribution in [-0.2, 0) is 0 Å². The minimum Gasteiger partial charge on any atom is -0.306 e. The van der Waals surface area contributed by atoms with Gasteiger partial charge in [0, 0.05) is 6.04 Å². The van der Waals surface area contributed by atoms with Crippen molar-refractivity contribution in [2.24, 2.45) is 5.92 Å². The molecule has 1 saturated carbocycles. The minimum absolute atomic E-state index is 0.784. The third-order valence-corrected chi connectivity index (χ3v) is 3.80. The average Bonchev–Trinajstić information content (AvgIpc) is 2.26. The lowest BCUT2D eigenvalue weighted by atomic mass is 9.82. The number of allylic oxidation sites excluding steroid dienone is 1. The molecule has 1 heteroatoms. The van der Waals surface area contributed by atoms with Gasteiger partial charge in [0.25, 0.3) is 0 Å². The molecule has 15 heavy (non-hydrogen) atoms. The third kappa shape index (κ3) is 3.64. The van der Waals surface area contributed by atoms with E-state index in [1.807, 2.05) is 0 Å². The van der Waals surface area contributed by atoms with Gasteiger partial charge in [-0.05, 0) is 45.7 Å². The molecule has 0 aromatic rings. The Morgan fingerprint density at radius 1 is 1.13 bits per heavy atom. The van der Waals surface area contributed by atoms with E-state index in [0.717, 1.165) is 12.0 Å². The van der Waals surface area contributed by atoms with Gasteiger partial charge >= 0.3 is 0 Å². The van der Waals surface area contributed by atoms with Crippen molar-refractivity contribution in [2.45, 2.75) is 58.4 Å². The van der Waals surface area contributed by atoms with Gasteiger partial charge in [0.2, 0.25) is 0 Å². The summed E-state index contributed by atoms with van der Waals surface area (Å²) in [5.74, 6) is 0.809. The average molecular weight is 209 g/mol. The van der Waals surface area contributed by atoms with E-state index in [0.29, 0.717) is 0 Å². The number of hydrogen-bond acceptors (Lipinski definition) is 1. The summed E-state index contributed by atoms with van der Waals surface area (Å²) in [6.07, 6.45) is 10.7. The van der Waals surface area contributed by atoms with Gasteiger partial charge in [-0.3, -0.25) is 0 Å². The second-order valence-electron chi connectivity index (χ2n) is 5.01. The highest BCUT2D eigenvalue weighted by Gasteiger charge is 2.24. The van der Waals surface area contributed by atoms with Crippen LogP contribution >= 0.6 is 0 Å². The molecule has 88 valence electrons. The zero-order valence-electron chi connectivity index (χ0n) is 10.9. The molecule has 1 aliphatic rings. The van der Waals surface area contributed by atoms with Crippen molar-refractivity contribution >= 4 is 0 Å². The quantitative estimate of drug-likeness (QED) is 0.636. The van der Waals surface area contributed by atoms with Crippen LogP contribution in [-0.4, -0.2) is 25.0 Å². The molecule has 1 aliphatic carbocycles. The van der Waals surface area contributed by atoms with Crippen LogP contribution in [0.2, 0.25) is 0 Å². The van der Waals surface area contributed by atoms with Gasteiger partial charge in [-0.15, -0.1) is 0 Å². The van der Waals surface area contributed by atoms with Crippen LogP contribution in [0.25, 0.3) is 0 Å². The second-order valence-corrected chi connectivity index (χ2v) is 5.01. The van der Waals surface area contributed by atoms with Gasteiger partial charge in [0.05, 0.1) is 0 Å². The molecule has 1 rings (SSSR count). The first-order chi connectivity index (χ1) is 7.19. The highest BCUT2D eigenvalue weighted by molar-refractivity contribution is 5.06. The molecule has 0 aliphatic heterocycles. The fraction of sp³-hybridized carbons (Fsp3) is 0.857. The predicted molar refractivity (Wildman–Crippen MR) is 68.1 cm³/mol. The Kier molecular flexibility index (Phi) is 5.38. The zero-order chi connectivity index (χ0) is 11.3. The van der Waals surface area contributed by atoms with Crippen molar-refractivity contribution in [3.05, 3.63) is 11.6 Å². The molecule has 0 saturated heterocycles. The fourth-order valence-corrected chi connectivity index (χ4v) is 2.76. The van der Waals surface area contributed by atoms with E-state index in [-0.39, 0.29) is 0 Å². The van der Waals surface area contributed by atoms with Crippen molar-refractivity contribution in [1.29, 1.82) is 0 Å². The van der Waals surface area contributed by atoms with Gasteiger partial charge in [-0.25, -0.2) is 0 Å². The molecule has 2 atom stereocenters. The smallest absolute Gasteiger partial charge is 0.0152 e. The summed E-state index contributed by atoms with van der Waals surface area (Å²) in [4.78, 5) is 2.42. The summed E-state index contributed by atoms with van der Waals surface area (Å²) in [6, 6.07) is 0.784. The van der Waals surface area contributed by atoms with Gasteiger partial charge < -0.3 is 4.90 Å². The molecule has 0 bridgehead atoms. The lowest BCUT2D eigenvalue weighted by Gasteiger charge is -2.35. The normalized spacial score (nSPS) is 26.7. The number of rotatable bonds is 4. The van der Waals surface area contributed by atoms with Crippen LogP contribution in [0.3, 0.4) is 0 Å². The Morgan fingerprint density at radius 2 is 1.73 bits per heavy atom. The van der Waals surface area contributed by atoms with E-state index in [1.54, 1.807) is 5.57 Å². The van der Waals surface area contributed by atoms with Crippen LogP contribution in [0.1, 0.15) is 52.4 Å². The topological polar surface area (TPSA) is 3.24 Å². The second kappa shape index (κ2) is 6.32. The van der Waals surface area contributed by atoms with Crippen LogP contribution in [0.15, 0.2) is 11.6 Å². The fourth-order valence-electron chi connectivity index (χ4n) is 2.76. The zero-order valence-corrected chi connectivity index (χ0v) is 10.9. The van der Waals surface area contributed by atoms with Crippen LogP contribution in [0.4, 0.5) is 0 Å². The van der Waals surface area contributed by atoms with Crippen LogP contribution in [0.5, 0.6) is 0 Å². The van der Waals surface area contributed by atoms with E-state index in [1.165, 1.54) is 38.5 Å². The summed E-state index contributed by atoms with van der Waals surface area (Å²) in [6.45, 7) is 4.56. The molecule has 1 nitrogen and oxygen atoms in total. The summed E-state index contributed by atoms with van der Waals surface area (Å²) in [5.41, 5.74) is 1.65. The minimum atomic E-state index is 0.784. The number of nitrogens with zero attached hydrogens (tertiary/aromatic N) is 1. The largest absolute Gasteiger partial charge is 0.306 e. The standard InChI is InChI=1S/C14H27N/c1-5-12(6-2)11-13-9-7-8-10-14(13)15(3)4/h11,13-14H,5-10H2,1-4H3. The molecule has 0 aromatic heterocycles. The molecule has 0 spiro atoms. The molecule has 2 unspecified atom stereocenters. The van der Waals surface area contributed by atoms with Crippen LogP contribution < -0.4 is 0 Å². The Balaban J connectivity index is 2.67. The molecule has 0 aromatic carbocycles. The van der Waals surface area contributed by atoms with E-state index in [9.17, 15) is 0 Å². The maximum absolute atomic E-state index is 2.57. The molecule has 1 fully saturated rings. The SMILES string of the molecule is CCC(=CC1CCCCC1N(C)C)CC. The molecule has 0 amide bonds. The van der Waals surface area contributed by atoms with Gasteiger partial charge in [-0.1, -0.05) is 38.3 Å². The van der Waals surface area contributed by atoms with Gasteiger partial charge in [0.15, 0.2) is 0 Å². The summed E-state index contributed by atoms with van der Waals surface area (Å²) >= 11 is 0. The Bertz CT molecular complexity index is 199. The highest BCUT2D eigenvalue weighted by Crippen LogP contribution is 2.29. The van der Waals surface area contributed by atoms with E-state index >= 15 is 0 Å². The Labute approximate surface area is 95.5 Å². The van der Waals surface area contributed by atoms with Gasteiger partial charge in [0.1, 0.15) is 0 Å². The number of hydrogen-bond donors (Lipinski definition) is 0. The van der Waals surface area contributed by atoms with Crippen molar-refractivity contribution in [3.8, 4) is 0 Å². The summed E-state index contributed by atoms with van der Waals surface area (Å²) in [7, 11) is 4.46. The van der Waals surface area contributed by atoms with Crippen molar-refractivity contribution in [1.82, 2.24) is 4.90 Å². The highest BCUT2D eigenvalue weighted by atomic mass is 15.1. The van der Waals surface area contributed by atoms with Crippen molar-refractivity contribution < 1.29 is 0 Å².